The maximum atomic E-state index is 6.04. The van der Waals surface area contributed by atoms with Crippen LogP contribution in [0.2, 0.25) is 0 Å². The van der Waals surface area contributed by atoms with E-state index >= 15 is 0 Å². The van der Waals surface area contributed by atoms with E-state index in [-0.39, 0.29) is 6.10 Å². The summed E-state index contributed by atoms with van der Waals surface area (Å²) in [7, 11) is 1.86. The monoisotopic (exact) mass is 310 g/mol. The minimum atomic E-state index is 0.142. The quantitative estimate of drug-likeness (QED) is 0.852. The highest BCUT2D eigenvalue weighted by atomic mass is 16.5. The standard InChI is InChI=1S/C20H26N2O/c1-3-14-13-22-11-9-15(14)12-19(22)20(23-2)17-8-10-21-18-7-5-4-6-16(17)18/h4-8,10,14-15,19-20H,3,9,11-13H2,1-2H3/t14?,15?,19-,20-/m1/s1. The number of hydrogen-bond donors (Lipinski definition) is 0. The van der Waals surface area contributed by atoms with Gasteiger partial charge in [0.1, 0.15) is 0 Å². The lowest BCUT2D eigenvalue weighted by Crippen LogP contribution is -2.55. The normalized spacial score (nSPS) is 31.4. The molecule has 3 fully saturated rings. The van der Waals surface area contributed by atoms with E-state index in [0.29, 0.717) is 6.04 Å². The third-order valence-electron chi connectivity index (χ3n) is 6.05. The zero-order valence-corrected chi connectivity index (χ0v) is 14.1. The van der Waals surface area contributed by atoms with E-state index in [0.717, 1.165) is 17.4 Å². The van der Waals surface area contributed by atoms with Crippen LogP contribution in [0.15, 0.2) is 36.5 Å². The second-order valence-electron chi connectivity index (χ2n) is 7.09. The molecule has 5 rings (SSSR count). The SMILES string of the molecule is CCC1CN2CCC1C[C@@H]2[C@H](OC)c1ccnc2ccccc12. The summed E-state index contributed by atoms with van der Waals surface area (Å²) < 4.78 is 6.04. The Kier molecular flexibility index (Phi) is 4.08. The Hall–Kier alpha value is -1.45. The van der Waals surface area contributed by atoms with Crippen molar-refractivity contribution in [3.05, 3.63) is 42.1 Å². The molecule has 3 unspecified atom stereocenters. The van der Waals surface area contributed by atoms with Gasteiger partial charge in [-0.05, 0) is 48.9 Å². The van der Waals surface area contributed by atoms with Crippen molar-refractivity contribution >= 4 is 10.9 Å². The van der Waals surface area contributed by atoms with Gasteiger partial charge in [0.15, 0.2) is 0 Å². The second-order valence-corrected chi connectivity index (χ2v) is 7.09. The van der Waals surface area contributed by atoms with Gasteiger partial charge in [0.25, 0.3) is 0 Å². The minimum Gasteiger partial charge on any atom is -0.375 e. The number of fused-ring (bicyclic) bond motifs is 4. The van der Waals surface area contributed by atoms with Crippen molar-refractivity contribution in [1.82, 2.24) is 9.88 Å². The van der Waals surface area contributed by atoms with Crippen LogP contribution in [0.1, 0.15) is 37.9 Å². The minimum absolute atomic E-state index is 0.142. The molecule has 0 N–H and O–H groups in total. The molecular weight excluding hydrogens is 284 g/mol. The number of pyridine rings is 1. The molecule has 23 heavy (non-hydrogen) atoms. The van der Waals surface area contributed by atoms with E-state index in [1.165, 1.54) is 43.3 Å². The predicted molar refractivity (Wildman–Crippen MR) is 93.4 cm³/mol. The molecule has 0 spiro atoms. The Balaban J connectivity index is 1.69. The van der Waals surface area contributed by atoms with Gasteiger partial charge in [0.2, 0.25) is 0 Å². The summed E-state index contributed by atoms with van der Waals surface area (Å²) in [5.74, 6) is 1.76. The number of hydrogen-bond acceptors (Lipinski definition) is 3. The van der Waals surface area contributed by atoms with Crippen LogP contribution in [-0.2, 0) is 4.74 Å². The van der Waals surface area contributed by atoms with Crippen molar-refractivity contribution in [1.29, 1.82) is 0 Å². The van der Waals surface area contributed by atoms with Crippen molar-refractivity contribution in [3.63, 3.8) is 0 Å². The molecule has 0 amide bonds. The van der Waals surface area contributed by atoms with Crippen molar-refractivity contribution in [2.75, 3.05) is 20.2 Å². The Labute approximate surface area is 138 Å². The molecule has 3 saturated heterocycles. The van der Waals surface area contributed by atoms with Gasteiger partial charge in [-0.1, -0.05) is 31.5 Å². The van der Waals surface area contributed by atoms with Crippen LogP contribution in [0, 0.1) is 11.8 Å². The first-order chi connectivity index (χ1) is 11.3. The average Bonchev–Trinajstić information content (AvgIpc) is 2.63. The molecule has 3 nitrogen and oxygen atoms in total. The summed E-state index contributed by atoms with van der Waals surface area (Å²) in [5, 5.41) is 1.23. The van der Waals surface area contributed by atoms with Crippen LogP contribution in [-0.4, -0.2) is 36.1 Å². The highest BCUT2D eigenvalue weighted by Crippen LogP contribution is 2.43. The van der Waals surface area contributed by atoms with Gasteiger partial charge >= 0.3 is 0 Å². The number of rotatable bonds is 4. The summed E-state index contributed by atoms with van der Waals surface area (Å²) in [4.78, 5) is 7.19. The summed E-state index contributed by atoms with van der Waals surface area (Å²) in [5.41, 5.74) is 2.36. The van der Waals surface area contributed by atoms with Gasteiger partial charge in [-0.15, -0.1) is 0 Å². The molecule has 2 bridgehead atoms. The zero-order chi connectivity index (χ0) is 15.8. The van der Waals surface area contributed by atoms with Gasteiger partial charge in [-0.3, -0.25) is 9.88 Å². The molecule has 1 aromatic carbocycles. The van der Waals surface area contributed by atoms with Crippen molar-refractivity contribution in [2.24, 2.45) is 11.8 Å². The highest BCUT2D eigenvalue weighted by Gasteiger charge is 2.43. The van der Waals surface area contributed by atoms with E-state index in [2.05, 4.69) is 47.1 Å². The van der Waals surface area contributed by atoms with Crippen LogP contribution in [0.25, 0.3) is 10.9 Å². The summed E-state index contributed by atoms with van der Waals surface area (Å²) >= 11 is 0. The first kappa shape index (κ1) is 15.1. The molecule has 5 atom stereocenters. The van der Waals surface area contributed by atoms with Crippen molar-refractivity contribution in [3.8, 4) is 0 Å². The van der Waals surface area contributed by atoms with Crippen molar-refractivity contribution in [2.45, 2.75) is 38.3 Å². The van der Waals surface area contributed by atoms with Crippen LogP contribution < -0.4 is 0 Å². The van der Waals surface area contributed by atoms with Gasteiger partial charge in [-0.25, -0.2) is 0 Å². The van der Waals surface area contributed by atoms with Gasteiger partial charge < -0.3 is 4.74 Å². The van der Waals surface area contributed by atoms with Crippen molar-refractivity contribution < 1.29 is 4.74 Å². The Bertz CT molecular complexity index is 681. The van der Waals surface area contributed by atoms with Gasteiger partial charge in [-0.2, -0.15) is 0 Å². The predicted octanol–water partition coefficient (Wildman–Crippen LogP) is 4.04. The lowest BCUT2D eigenvalue weighted by molar-refractivity contribution is -0.0698. The second kappa shape index (κ2) is 6.21. The fourth-order valence-electron chi connectivity index (χ4n) is 4.81. The van der Waals surface area contributed by atoms with Gasteiger partial charge in [0, 0.05) is 31.3 Å². The molecule has 4 heterocycles. The number of piperidine rings is 3. The molecule has 1 aromatic heterocycles. The number of benzene rings is 1. The lowest BCUT2D eigenvalue weighted by Gasteiger charge is -2.52. The lowest BCUT2D eigenvalue weighted by atomic mass is 9.72. The number of para-hydroxylation sites is 1. The first-order valence-corrected chi connectivity index (χ1v) is 8.92. The zero-order valence-electron chi connectivity index (χ0n) is 14.1. The third-order valence-corrected chi connectivity index (χ3v) is 6.05. The fraction of sp³-hybridized carbons (Fsp3) is 0.550. The first-order valence-electron chi connectivity index (χ1n) is 8.92. The van der Waals surface area contributed by atoms with E-state index in [9.17, 15) is 0 Å². The Morgan fingerprint density at radius 2 is 2.17 bits per heavy atom. The molecule has 0 aliphatic carbocycles. The molecular formula is C20H26N2O. The molecule has 0 radical (unpaired) electrons. The molecule has 3 heteroatoms. The Morgan fingerprint density at radius 3 is 2.91 bits per heavy atom. The van der Waals surface area contributed by atoms with E-state index in [1.807, 2.05) is 13.3 Å². The van der Waals surface area contributed by atoms with Crippen LogP contribution in [0.5, 0.6) is 0 Å². The number of nitrogens with zero attached hydrogens (tertiary/aromatic N) is 2. The number of aromatic nitrogens is 1. The van der Waals surface area contributed by atoms with Crippen LogP contribution in [0.3, 0.4) is 0 Å². The third kappa shape index (κ3) is 2.56. The summed E-state index contributed by atoms with van der Waals surface area (Å²) in [6, 6.07) is 11.1. The van der Waals surface area contributed by atoms with E-state index < -0.39 is 0 Å². The smallest absolute Gasteiger partial charge is 0.0983 e. The average molecular weight is 310 g/mol. The topological polar surface area (TPSA) is 25.4 Å². The maximum Gasteiger partial charge on any atom is 0.0983 e. The molecule has 122 valence electrons. The molecule has 3 aliphatic heterocycles. The largest absolute Gasteiger partial charge is 0.375 e. The van der Waals surface area contributed by atoms with E-state index in [1.54, 1.807) is 0 Å². The molecule has 3 aliphatic rings. The summed E-state index contributed by atoms with van der Waals surface area (Å²) in [6.45, 7) is 4.81. The number of methoxy groups -OCH3 is 1. The van der Waals surface area contributed by atoms with E-state index in [4.69, 9.17) is 4.74 Å². The van der Waals surface area contributed by atoms with Crippen LogP contribution in [0.4, 0.5) is 0 Å². The number of ether oxygens (including phenoxy) is 1. The molecule has 0 saturated carbocycles. The van der Waals surface area contributed by atoms with Gasteiger partial charge in [0.05, 0.1) is 11.6 Å². The highest BCUT2D eigenvalue weighted by molar-refractivity contribution is 5.82. The summed E-state index contributed by atoms with van der Waals surface area (Å²) in [6.07, 6.45) is 6.01. The maximum absolute atomic E-state index is 6.04. The molecule has 2 aromatic rings. The Morgan fingerprint density at radius 1 is 1.30 bits per heavy atom. The fourth-order valence-corrected chi connectivity index (χ4v) is 4.81. The van der Waals surface area contributed by atoms with Crippen LogP contribution >= 0.6 is 0 Å².